The Balaban J connectivity index is 1.08. The minimum atomic E-state index is 0.581. The van der Waals surface area contributed by atoms with Gasteiger partial charge in [0.1, 0.15) is 11.2 Å². The van der Waals surface area contributed by atoms with E-state index in [4.69, 9.17) is 19.4 Å². The van der Waals surface area contributed by atoms with Gasteiger partial charge >= 0.3 is 0 Å². The predicted octanol–water partition coefficient (Wildman–Crippen LogP) is 13.8. The predicted molar refractivity (Wildman–Crippen MR) is 238 cm³/mol. The molecule has 0 radical (unpaired) electrons. The minimum Gasteiger partial charge on any atom is -0.456 e. The minimum absolute atomic E-state index is 0.581. The van der Waals surface area contributed by atoms with E-state index in [2.05, 4.69) is 162 Å². The third kappa shape index (κ3) is 5.07. The maximum Gasteiger partial charge on any atom is 0.164 e. The van der Waals surface area contributed by atoms with Gasteiger partial charge in [0.05, 0.1) is 22.1 Å². The van der Waals surface area contributed by atoms with E-state index in [1.807, 2.05) is 36.4 Å². The number of hydrogen-bond acceptors (Lipinski definition) is 4. The highest BCUT2D eigenvalue weighted by atomic mass is 16.3. The Kier molecular flexibility index (Phi) is 7.16. The molecule has 0 aliphatic carbocycles. The summed E-state index contributed by atoms with van der Waals surface area (Å²) < 4.78 is 9.30. The topological polar surface area (TPSA) is 56.7 Å². The van der Waals surface area contributed by atoms with Crippen molar-refractivity contribution in [3.05, 3.63) is 194 Å². The average Bonchev–Trinajstić information content (AvgIpc) is 3.84. The zero-order valence-electron chi connectivity index (χ0n) is 31.2. The van der Waals surface area contributed by atoms with Crippen molar-refractivity contribution in [2.45, 2.75) is 0 Å². The largest absolute Gasteiger partial charge is 0.456 e. The van der Waals surface area contributed by atoms with Crippen LogP contribution in [0.2, 0.25) is 0 Å². The molecule has 0 spiro atoms. The second-order valence-electron chi connectivity index (χ2n) is 14.8. The van der Waals surface area contributed by atoms with Crippen LogP contribution in [0.15, 0.2) is 199 Å². The van der Waals surface area contributed by atoms with Gasteiger partial charge in [0, 0.05) is 38.2 Å². The van der Waals surface area contributed by atoms with Crippen molar-refractivity contribution in [3.63, 3.8) is 0 Å². The molecule has 3 aromatic heterocycles. The first kappa shape index (κ1) is 32.4. The first-order valence-electron chi connectivity index (χ1n) is 19.5. The van der Waals surface area contributed by atoms with Gasteiger partial charge < -0.3 is 8.98 Å². The molecule has 0 unspecified atom stereocenters. The van der Waals surface area contributed by atoms with Gasteiger partial charge in [0.25, 0.3) is 0 Å². The summed E-state index contributed by atoms with van der Waals surface area (Å²) in [7, 11) is 0. The van der Waals surface area contributed by atoms with E-state index in [0.717, 1.165) is 77.2 Å². The molecule has 12 rings (SSSR count). The van der Waals surface area contributed by atoms with E-state index in [9.17, 15) is 0 Å². The lowest BCUT2D eigenvalue weighted by Crippen LogP contribution is -2.00. The number of aromatic nitrogens is 4. The first-order valence-corrected chi connectivity index (χ1v) is 19.5. The van der Waals surface area contributed by atoms with Crippen LogP contribution in [0.4, 0.5) is 0 Å². The molecule has 270 valence electrons. The molecule has 9 aromatic carbocycles. The molecule has 0 fully saturated rings. The van der Waals surface area contributed by atoms with Gasteiger partial charge in [0.15, 0.2) is 17.5 Å². The molecule has 58 heavy (non-hydrogen) atoms. The van der Waals surface area contributed by atoms with Crippen LogP contribution < -0.4 is 0 Å². The molecule has 0 aliphatic heterocycles. The maximum atomic E-state index is 6.86. The molecule has 0 aliphatic rings. The molecule has 0 saturated heterocycles. The molecule has 0 amide bonds. The van der Waals surface area contributed by atoms with Crippen molar-refractivity contribution < 1.29 is 4.42 Å². The van der Waals surface area contributed by atoms with E-state index >= 15 is 0 Å². The number of rotatable bonds is 5. The molecule has 0 saturated carbocycles. The van der Waals surface area contributed by atoms with E-state index < -0.39 is 0 Å². The third-order valence-electron chi connectivity index (χ3n) is 11.4. The number of nitrogens with zero attached hydrogens (tertiary/aromatic N) is 4. The van der Waals surface area contributed by atoms with Crippen LogP contribution in [0.5, 0.6) is 0 Å². The number of para-hydroxylation sites is 1. The van der Waals surface area contributed by atoms with Gasteiger partial charge in [-0.25, -0.2) is 15.0 Å². The number of furan rings is 1. The number of fused-ring (bicyclic) bond motifs is 9. The zero-order chi connectivity index (χ0) is 38.2. The molecule has 0 N–H and O–H groups in total. The molecule has 3 heterocycles. The van der Waals surface area contributed by atoms with Crippen molar-refractivity contribution >= 4 is 65.3 Å². The van der Waals surface area contributed by atoms with Gasteiger partial charge in [-0.2, -0.15) is 0 Å². The van der Waals surface area contributed by atoms with Crippen LogP contribution >= 0.6 is 0 Å². The van der Waals surface area contributed by atoms with Gasteiger partial charge in [-0.3, -0.25) is 0 Å². The Morgan fingerprint density at radius 2 is 0.879 bits per heavy atom. The fourth-order valence-electron chi connectivity index (χ4n) is 8.72. The molecule has 5 nitrogen and oxygen atoms in total. The van der Waals surface area contributed by atoms with Crippen molar-refractivity contribution in [3.8, 4) is 51.0 Å². The highest BCUT2D eigenvalue weighted by molar-refractivity contribution is 6.24. The lowest BCUT2D eigenvalue weighted by molar-refractivity contribution is 0.669. The van der Waals surface area contributed by atoms with Crippen LogP contribution in [-0.2, 0) is 0 Å². The second-order valence-corrected chi connectivity index (χ2v) is 14.8. The summed E-state index contributed by atoms with van der Waals surface area (Å²) in [6.45, 7) is 0. The summed E-state index contributed by atoms with van der Waals surface area (Å²) >= 11 is 0. The summed E-state index contributed by atoms with van der Waals surface area (Å²) in [5.41, 5.74) is 10.0. The summed E-state index contributed by atoms with van der Waals surface area (Å²) in [5.74, 6) is 1.81. The number of hydrogen-bond donors (Lipinski definition) is 0. The highest BCUT2D eigenvalue weighted by Crippen LogP contribution is 2.44. The average molecular weight is 741 g/mol. The highest BCUT2D eigenvalue weighted by Gasteiger charge is 2.22. The van der Waals surface area contributed by atoms with Crippen LogP contribution in [0.1, 0.15) is 0 Å². The van der Waals surface area contributed by atoms with Gasteiger partial charge in [-0.05, 0) is 57.6 Å². The standard InChI is InChI=1S/C53H32N4O/c1-3-13-33(14-4-1)34-23-25-37(26-24-34)52-54-51(36-16-5-2-6-17-36)55-53(56-52)39-27-29-43-46(32-39)58-47-31-38-18-8-10-20-41(38)50(49(43)47)57-44-22-12-11-21-42(44)48-40-19-9-7-15-35(40)28-30-45(48)57/h1-32H. The van der Waals surface area contributed by atoms with Crippen LogP contribution in [-0.4, -0.2) is 19.5 Å². The Labute approximate surface area is 333 Å². The maximum absolute atomic E-state index is 6.86. The zero-order valence-corrected chi connectivity index (χ0v) is 31.2. The Morgan fingerprint density at radius 3 is 1.64 bits per heavy atom. The Bertz CT molecular complexity index is 3550. The third-order valence-corrected chi connectivity index (χ3v) is 11.4. The molecular weight excluding hydrogens is 709 g/mol. The van der Waals surface area contributed by atoms with Gasteiger partial charge in [-0.15, -0.1) is 0 Å². The van der Waals surface area contributed by atoms with E-state index in [1.54, 1.807) is 0 Å². The molecule has 5 heteroatoms. The monoisotopic (exact) mass is 740 g/mol. The smallest absolute Gasteiger partial charge is 0.164 e. The summed E-state index contributed by atoms with van der Waals surface area (Å²) in [6.07, 6.45) is 0. The molecule has 0 bridgehead atoms. The van der Waals surface area contributed by atoms with Crippen molar-refractivity contribution in [1.29, 1.82) is 0 Å². The van der Waals surface area contributed by atoms with Crippen molar-refractivity contribution in [1.82, 2.24) is 19.5 Å². The summed E-state index contributed by atoms with van der Waals surface area (Å²) in [6, 6.07) is 67.9. The second kappa shape index (κ2) is 12.8. The van der Waals surface area contributed by atoms with Crippen molar-refractivity contribution in [2.75, 3.05) is 0 Å². The molecule has 0 atom stereocenters. The normalized spacial score (nSPS) is 11.8. The van der Waals surface area contributed by atoms with E-state index in [1.165, 1.54) is 21.5 Å². The molecular formula is C53H32N4O. The van der Waals surface area contributed by atoms with Crippen molar-refractivity contribution in [2.24, 2.45) is 0 Å². The Hall–Kier alpha value is -7.89. The first-order chi connectivity index (χ1) is 28.7. The SMILES string of the molecule is c1ccc(-c2ccc(-c3nc(-c4ccccc4)nc(-c4ccc5c(c4)oc4cc6ccccc6c(-n6c7ccccc7c7c8ccccc8ccc76)c45)n3)cc2)cc1. The van der Waals surface area contributed by atoms with E-state index in [-0.39, 0.29) is 0 Å². The van der Waals surface area contributed by atoms with Gasteiger partial charge in [0.2, 0.25) is 0 Å². The number of benzene rings is 9. The fourth-order valence-corrected chi connectivity index (χ4v) is 8.72. The summed E-state index contributed by atoms with van der Waals surface area (Å²) in [4.78, 5) is 15.1. The van der Waals surface area contributed by atoms with Crippen LogP contribution in [0.25, 0.3) is 116 Å². The molecule has 12 aromatic rings. The van der Waals surface area contributed by atoms with Crippen LogP contribution in [0, 0.1) is 0 Å². The van der Waals surface area contributed by atoms with Gasteiger partial charge in [-0.1, -0.05) is 164 Å². The quantitative estimate of drug-likeness (QED) is 0.176. The lowest BCUT2D eigenvalue weighted by Gasteiger charge is -2.14. The summed E-state index contributed by atoms with van der Waals surface area (Å²) in [5, 5.41) is 9.31. The lowest BCUT2D eigenvalue weighted by atomic mass is 10.0. The Morgan fingerprint density at radius 1 is 0.328 bits per heavy atom. The van der Waals surface area contributed by atoms with Crippen LogP contribution in [0.3, 0.4) is 0 Å². The fraction of sp³-hybridized carbons (Fsp3) is 0. The van der Waals surface area contributed by atoms with E-state index in [0.29, 0.717) is 17.5 Å².